The SMILES string of the molecule is COc1ccc(-c2cnc3c(Nc4ccc([S@](C)(=O)=NCCCN)c(C)c4)nccn23)c(F)c1F. The molecule has 0 aliphatic rings. The Hall–Kier alpha value is -3.57. The van der Waals surface area contributed by atoms with Crippen LogP contribution in [0.1, 0.15) is 12.0 Å². The Morgan fingerprint density at radius 1 is 1.20 bits per heavy atom. The Morgan fingerprint density at radius 2 is 2.00 bits per heavy atom. The molecule has 2 heterocycles. The number of halogens is 2. The number of methoxy groups -OCH3 is 1. The van der Waals surface area contributed by atoms with Gasteiger partial charge in [0.1, 0.15) is 0 Å². The summed E-state index contributed by atoms with van der Waals surface area (Å²) in [5.41, 5.74) is 7.85. The molecule has 2 aromatic carbocycles. The second-order valence-electron chi connectivity index (χ2n) is 7.96. The van der Waals surface area contributed by atoms with Gasteiger partial charge in [0.2, 0.25) is 5.82 Å². The van der Waals surface area contributed by atoms with Crippen LogP contribution in [0, 0.1) is 18.6 Å². The fourth-order valence-electron chi connectivity index (χ4n) is 3.78. The normalized spacial score (nSPS) is 13.0. The standard InChI is InChI=1S/C24H26F2N6O2S/c1-15-13-16(5-8-20(15)35(3,33)30-10-4-9-27)31-23-24-29-14-18(32(24)12-11-28-23)17-6-7-19(34-2)22(26)21(17)25/h5-8,11-14H,4,9-10,27H2,1-3H3,(H,28,31)/t35-/m0/s1. The molecule has 0 amide bonds. The molecule has 184 valence electrons. The second kappa shape index (κ2) is 9.96. The van der Waals surface area contributed by atoms with E-state index in [9.17, 15) is 13.0 Å². The van der Waals surface area contributed by atoms with Gasteiger partial charge in [-0.25, -0.2) is 22.9 Å². The van der Waals surface area contributed by atoms with Crippen molar-refractivity contribution in [1.82, 2.24) is 14.4 Å². The van der Waals surface area contributed by atoms with Gasteiger partial charge in [-0.2, -0.15) is 4.39 Å². The number of ether oxygens (including phenoxy) is 1. The summed E-state index contributed by atoms with van der Waals surface area (Å²) in [6.45, 7) is 2.80. The van der Waals surface area contributed by atoms with Gasteiger partial charge in [-0.05, 0) is 55.8 Å². The number of nitrogens with two attached hydrogens (primary N) is 1. The van der Waals surface area contributed by atoms with Crippen LogP contribution < -0.4 is 15.8 Å². The zero-order valence-electron chi connectivity index (χ0n) is 19.6. The Balaban J connectivity index is 1.68. The van der Waals surface area contributed by atoms with Gasteiger partial charge in [0.15, 0.2) is 23.0 Å². The molecule has 1 atom stereocenters. The molecular weight excluding hydrogens is 474 g/mol. The van der Waals surface area contributed by atoms with Crippen LogP contribution in [-0.2, 0) is 9.73 Å². The van der Waals surface area contributed by atoms with Crippen molar-refractivity contribution in [1.29, 1.82) is 0 Å². The maximum atomic E-state index is 14.7. The summed E-state index contributed by atoms with van der Waals surface area (Å²) < 4.78 is 52.8. The lowest BCUT2D eigenvalue weighted by molar-refractivity contribution is 0.372. The van der Waals surface area contributed by atoms with Gasteiger partial charge < -0.3 is 15.8 Å². The number of benzene rings is 2. The summed E-state index contributed by atoms with van der Waals surface area (Å²) in [7, 11) is -1.27. The lowest BCUT2D eigenvalue weighted by atomic mass is 10.1. The van der Waals surface area contributed by atoms with Gasteiger partial charge in [0.25, 0.3) is 0 Å². The van der Waals surface area contributed by atoms with E-state index >= 15 is 0 Å². The zero-order chi connectivity index (χ0) is 25.2. The maximum absolute atomic E-state index is 14.7. The van der Waals surface area contributed by atoms with Gasteiger partial charge in [-0.3, -0.25) is 4.40 Å². The largest absolute Gasteiger partial charge is 0.494 e. The molecule has 4 aromatic rings. The van der Waals surface area contributed by atoms with Crippen molar-refractivity contribution in [3.63, 3.8) is 0 Å². The van der Waals surface area contributed by atoms with Crippen molar-refractivity contribution in [2.24, 2.45) is 10.1 Å². The minimum Gasteiger partial charge on any atom is -0.494 e. The number of nitrogens with zero attached hydrogens (tertiary/aromatic N) is 4. The first-order valence-electron chi connectivity index (χ1n) is 10.9. The highest BCUT2D eigenvalue weighted by Gasteiger charge is 2.19. The van der Waals surface area contributed by atoms with E-state index in [0.717, 1.165) is 5.56 Å². The molecule has 35 heavy (non-hydrogen) atoms. The molecule has 0 radical (unpaired) electrons. The minimum absolute atomic E-state index is 0.0456. The Labute approximate surface area is 202 Å². The van der Waals surface area contributed by atoms with Crippen molar-refractivity contribution in [3.8, 4) is 17.0 Å². The Kier molecular flexibility index (Phi) is 6.99. The summed E-state index contributed by atoms with van der Waals surface area (Å²) in [6, 6.07) is 8.23. The number of imidazole rings is 1. The van der Waals surface area contributed by atoms with E-state index in [1.165, 1.54) is 31.6 Å². The van der Waals surface area contributed by atoms with Crippen LogP contribution in [0.15, 0.2) is 58.2 Å². The topological polar surface area (TPSA) is 107 Å². The molecule has 11 heteroatoms. The highest BCUT2D eigenvalue weighted by molar-refractivity contribution is 7.93. The molecular formula is C24H26F2N6O2S. The van der Waals surface area contributed by atoms with E-state index < -0.39 is 21.4 Å². The number of nitrogens with one attached hydrogen (secondary N) is 1. The minimum atomic E-state index is -2.54. The molecule has 0 fully saturated rings. The first-order chi connectivity index (χ1) is 16.8. The van der Waals surface area contributed by atoms with Crippen LogP contribution >= 0.6 is 0 Å². The van der Waals surface area contributed by atoms with Crippen molar-refractivity contribution < 1.29 is 17.7 Å². The van der Waals surface area contributed by atoms with E-state index in [1.807, 2.05) is 13.0 Å². The van der Waals surface area contributed by atoms with E-state index in [2.05, 4.69) is 19.6 Å². The van der Waals surface area contributed by atoms with Crippen LogP contribution in [0.5, 0.6) is 5.75 Å². The van der Waals surface area contributed by atoms with Crippen LogP contribution in [-0.4, -0.2) is 45.0 Å². The van der Waals surface area contributed by atoms with Crippen molar-refractivity contribution in [3.05, 3.63) is 66.1 Å². The maximum Gasteiger partial charge on any atom is 0.201 e. The van der Waals surface area contributed by atoms with E-state index in [0.29, 0.717) is 47.3 Å². The number of anilines is 2. The first kappa shape index (κ1) is 24.6. The van der Waals surface area contributed by atoms with Crippen molar-refractivity contribution >= 4 is 26.9 Å². The van der Waals surface area contributed by atoms with Crippen LogP contribution in [0.4, 0.5) is 20.3 Å². The molecule has 0 saturated heterocycles. The van der Waals surface area contributed by atoms with Gasteiger partial charge in [-0.1, -0.05) is 0 Å². The average molecular weight is 501 g/mol. The molecule has 3 N–H and O–H groups in total. The molecule has 0 aliphatic carbocycles. The number of hydrogen-bond donors (Lipinski definition) is 2. The number of aryl methyl sites for hydroxylation is 1. The zero-order valence-corrected chi connectivity index (χ0v) is 20.4. The fraction of sp³-hybridized carbons (Fsp3) is 0.250. The van der Waals surface area contributed by atoms with E-state index in [1.54, 1.807) is 29.0 Å². The van der Waals surface area contributed by atoms with Gasteiger partial charge >= 0.3 is 0 Å². The lowest BCUT2D eigenvalue weighted by Crippen LogP contribution is -2.05. The summed E-state index contributed by atoms with van der Waals surface area (Å²) in [4.78, 5) is 9.39. The fourth-order valence-corrected chi connectivity index (χ4v) is 5.38. The Bertz CT molecular complexity index is 1510. The third kappa shape index (κ3) is 4.82. The van der Waals surface area contributed by atoms with Crippen LogP contribution in [0.25, 0.3) is 16.9 Å². The summed E-state index contributed by atoms with van der Waals surface area (Å²) in [5, 5.41) is 3.21. The molecule has 4 rings (SSSR count). The predicted octanol–water partition coefficient (Wildman–Crippen LogP) is 4.54. The average Bonchev–Trinajstić information content (AvgIpc) is 3.26. The molecule has 0 unspecified atom stereocenters. The Morgan fingerprint density at radius 3 is 2.71 bits per heavy atom. The molecule has 8 nitrogen and oxygen atoms in total. The van der Waals surface area contributed by atoms with Crippen LogP contribution in [0.3, 0.4) is 0 Å². The van der Waals surface area contributed by atoms with Crippen molar-refractivity contribution in [2.45, 2.75) is 18.2 Å². The number of aromatic nitrogens is 3. The van der Waals surface area contributed by atoms with Crippen LogP contribution in [0.2, 0.25) is 0 Å². The monoisotopic (exact) mass is 500 g/mol. The molecule has 2 aromatic heterocycles. The highest BCUT2D eigenvalue weighted by Crippen LogP contribution is 2.32. The van der Waals surface area contributed by atoms with Gasteiger partial charge in [0, 0.05) is 36.4 Å². The van der Waals surface area contributed by atoms with Gasteiger partial charge in [0.05, 0.1) is 33.6 Å². The predicted molar refractivity (Wildman–Crippen MR) is 133 cm³/mol. The quantitative estimate of drug-likeness (QED) is 0.344. The number of hydrogen-bond acceptors (Lipinski definition) is 7. The molecule has 0 bridgehead atoms. The smallest absolute Gasteiger partial charge is 0.201 e. The number of rotatable bonds is 8. The highest BCUT2D eigenvalue weighted by atomic mass is 32.2. The lowest BCUT2D eigenvalue weighted by Gasteiger charge is -2.12. The van der Waals surface area contributed by atoms with E-state index in [-0.39, 0.29) is 11.3 Å². The van der Waals surface area contributed by atoms with Crippen molar-refractivity contribution in [2.75, 3.05) is 31.8 Å². The second-order valence-corrected chi connectivity index (χ2v) is 10.3. The van der Waals surface area contributed by atoms with Gasteiger partial charge in [-0.15, -0.1) is 0 Å². The molecule has 0 spiro atoms. The van der Waals surface area contributed by atoms with E-state index in [4.69, 9.17) is 10.5 Å². The first-order valence-corrected chi connectivity index (χ1v) is 12.8. The molecule has 0 aliphatic heterocycles. The summed E-state index contributed by atoms with van der Waals surface area (Å²) in [6.07, 6.45) is 6.91. The summed E-state index contributed by atoms with van der Waals surface area (Å²) in [5.74, 6) is -1.84. The third-order valence-corrected chi connectivity index (χ3v) is 7.47. The summed E-state index contributed by atoms with van der Waals surface area (Å²) >= 11 is 0. The number of fused-ring (bicyclic) bond motifs is 1. The molecule has 0 saturated carbocycles. The third-order valence-electron chi connectivity index (χ3n) is 5.52.